The van der Waals surface area contributed by atoms with E-state index in [0.29, 0.717) is 57.4 Å². The molecule has 0 bridgehead atoms. The molecule has 2 aromatic carbocycles. The second kappa shape index (κ2) is 22.9. The second-order valence-electron chi connectivity index (χ2n) is 18.4. The monoisotopic (exact) mass is 1000 g/mol. The van der Waals surface area contributed by atoms with Crippen molar-refractivity contribution in [3.63, 3.8) is 0 Å². The van der Waals surface area contributed by atoms with Crippen molar-refractivity contribution in [3.05, 3.63) is 97.6 Å². The standard InChI is InChI=1S/C52H57FN8O12/c1-3-52(70)35-19-40-48-33(24-61(40)50(68)34(35)25-73-51(52)69)47-37(17-16-32-29(2)36(53)20-38(60-48)46(32)47)58-45(66)26-71-28-57-42(63)22-56-49(67)39(18-30-12-8-7-9-13-30)59-43(64)23-54-41(62)21-55-44(65)27-72-31-14-10-5-4-6-11-15-31/h7-9,12-13,19-20,31,37,39,70H,3-6,10,14,16-18,21-28H2,1-2H3,(H,54,62)(H,55,65)(H,56,67)(H,57,63)(H,58,66)(H,59,64)/t31?,37-,39-,52-/m0/s1. The third kappa shape index (κ3) is 11.7. The van der Waals surface area contributed by atoms with Gasteiger partial charge in [0.05, 0.1) is 54.7 Å². The minimum atomic E-state index is -2.05. The van der Waals surface area contributed by atoms with E-state index < -0.39 is 103 Å². The highest BCUT2D eigenvalue weighted by atomic mass is 19.1. The van der Waals surface area contributed by atoms with Crippen LogP contribution in [0.15, 0.2) is 47.3 Å². The van der Waals surface area contributed by atoms with Crippen LogP contribution in [0.4, 0.5) is 4.39 Å². The van der Waals surface area contributed by atoms with Crippen molar-refractivity contribution in [1.29, 1.82) is 0 Å². The van der Waals surface area contributed by atoms with Crippen LogP contribution in [-0.2, 0) is 79.4 Å². The van der Waals surface area contributed by atoms with Crippen LogP contribution in [0.25, 0.3) is 22.3 Å². The third-order valence-corrected chi connectivity index (χ3v) is 13.5. The molecule has 7 N–H and O–H groups in total. The fraction of sp³-hybridized carbons (Fsp3) is 0.442. The van der Waals surface area contributed by atoms with E-state index in [1.807, 2.05) is 0 Å². The van der Waals surface area contributed by atoms with Crippen LogP contribution < -0.4 is 37.5 Å². The number of aliphatic hydroxyl groups is 1. The summed E-state index contributed by atoms with van der Waals surface area (Å²) in [5.41, 5.74) is 1.93. The zero-order valence-corrected chi connectivity index (χ0v) is 40.5. The van der Waals surface area contributed by atoms with Crippen LogP contribution in [0.5, 0.6) is 0 Å². The number of aryl methyl sites for hydroxylation is 1. The van der Waals surface area contributed by atoms with E-state index in [1.54, 1.807) is 50.2 Å². The Labute approximate surface area is 418 Å². The normalized spacial score (nSPS) is 18.7. The maximum absolute atomic E-state index is 15.4. The van der Waals surface area contributed by atoms with Crippen LogP contribution in [0, 0.1) is 24.6 Å². The van der Waals surface area contributed by atoms with Crippen molar-refractivity contribution in [2.45, 2.75) is 109 Å². The van der Waals surface area contributed by atoms with Gasteiger partial charge in [-0.2, -0.15) is 0 Å². The molecular formula is C52H57FN8O12. The summed E-state index contributed by atoms with van der Waals surface area (Å²) >= 11 is 0. The number of fused-ring (bicyclic) bond motifs is 5. The van der Waals surface area contributed by atoms with Gasteiger partial charge in [0.1, 0.15) is 44.5 Å². The molecule has 0 saturated carbocycles. The van der Waals surface area contributed by atoms with E-state index in [-0.39, 0.29) is 49.8 Å². The van der Waals surface area contributed by atoms with Crippen molar-refractivity contribution in [2.24, 2.45) is 0 Å². The number of carbonyl (C=O) groups excluding carboxylic acids is 7. The summed E-state index contributed by atoms with van der Waals surface area (Å²) in [5, 5.41) is 27.4. The molecule has 2 aliphatic heterocycles. The van der Waals surface area contributed by atoms with E-state index in [0.717, 1.165) is 37.7 Å². The summed E-state index contributed by atoms with van der Waals surface area (Å²) in [6.45, 7) is 0.446. The van der Waals surface area contributed by atoms with Gasteiger partial charge < -0.3 is 55.8 Å². The largest absolute Gasteiger partial charge is 0.458 e. The Morgan fingerprint density at radius 1 is 0.904 bits per heavy atom. The highest BCUT2D eigenvalue weighted by molar-refractivity contribution is 5.95. The van der Waals surface area contributed by atoms with Crippen molar-refractivity contribution < 1.29 is 57.3 Å². The van der Waals surface area contributed by atoms with Crippen LogP contribution >= 0.6 is 0 Å². The van der Waals surface area contributed by atoms with Gasteiger partial charge in [0.15, 0.2) is 5.60 Å². The lowest BCUT2D eigenvalue weighted by Crippen LogP contribution is -2.52. The molecule has 0 radical (unpaired) electrons. The molecule has 2 aliphatic carbocycles. The summed E-state index contributed by atoms with van der Waals surface area (Å²) in [5.74, 6) is 0.965. The van der Waals surface area contributed by atoms with Crippen LogP contribution in [-0.4, -0.2) is 108 Å². The molecule has 4 heterocycles. The van der Waals surface area contributed by atoms with Gasteiger partial charge in [-0.1, -0.05) is 49.6 Å². The first-order chi connectivity index (χ1) is 35.1. The Kier molecular flexibility index (Phi) is 16.3. The topological polar surface area (TPSA) is 274 Å². The first-order valence-electron chi connectivity index (χ1n) is 24.3. The molecule has 6 amide bonds. The smallest absolute Gasteiger partial charge is 0.343 e. The molecule has 1 unspecified atom stereocenters. The molecule has 21 heteroatoms. The van der Waals surface area contributed by atoms with Crippen molar-refractivity contribution in [3.8, 4) is 23.2 Å². The fourth-order valence-corrected chi connectivity index (χ4v) is 9.62. The SMILES string of the molecule is CC[C@@]1(O)C(=O)OCc2c1cc1n(c2=O)Cc2c-1nc1cc(F)c(C)c3c1c2[C@@H](NC(=O)COCNC(=O)CNC(=O)[C@H](Cc1ccccc1)NC(=O)CNC(=O)CNC(=O)COC1C#CCCCCC1)CC3. The zero-order chi connectivity index (χ0) is 51.8. The van der Waals surface area contributed by atoms with Gasteiger partial charge in [0.2, 0.25) is 35.4 Å². The lowest BCUT2D eigenvalue weighted by Gasteiger charge is -2.31. The highest BCUT2D eigenvalue weighted by Gasteiger charge is 2.46. The number of aromatic nitrogens is 2. The molecule has 8 rings (SSSR count). The van der Waals surface area contributed by atoms with E-state index in [2.05, 4.69) is 43.7 Å². The maximum Gasteiger partial charge on any atom is 0.343 e. The number of rotatable bonds is 19. The van der Waals surface area contributed by atoms with Crippen LogP contribution in [0.1, 0.15) is 96.9 Å². The van der Waals surface area contributed by atoms with Crippen LogP contribution in [0.2, 0.25) is 0 Å². The number of nitrogens with one attached hydrogen (secondary N) is 6. The van der Waals surface area contributed by atoms with Crippen LogP contribution in [0.3, 0.4) is 0 Å². The molecule has 0 spiro atoms. The molecule has 2 aromatic heterocycles. The Balaban J connectivity index is 0.827. The number of halogens is 1. The molecule has 0 saturated heterocycles. The average molecular weight is 1010 g/mol. The molecule has 4 aliphatic rings. The van der Waals surface area contributed by atoms with Gasteiger partial charge in [-0.25, -0.2) is 14.2 Å². The van der Waals surface area contributed by atoms with Gasteiger partial charge in [0, 0.05) is 35.4 Å². The first kappa shape index (κ1) is 51.8. The number of esters is 1. The van der Waals surface area contributed by atoms with E-state index in [1.165, 1.54) is 10.6 Å². The minimum Gasteiger partial charge on any atom is -0.458 e. The number of pyridine rings is 2. The second-order valence-corrected chi connectivity index (χ2v) is 18.4. The minimum absolute atomic E-state index is 0.0443. The number of benzene rings is 2. The third-order valence-electron chi connectivity index (χ3n) is 13.5. The molecular weight excluding hydrogens is 948 g/mol. The summed E-state index contributed by atoms with van der Waals surface area (Å²) in [4.78, 5) is 109. The molecule has 4 aromatic rings. The average Bonchev–Trinajstić information content (AvgIpc) is 3.74. The van der Waals surface area contributed by atoms with Gasteiger partial charge in [-0.05, 0) is 73.8 Å². The molecule has 4 atom stereocenters. The van der Waals surface area contributed by atoms with E-state index >= 15 is 4.39 Å². The zero-order valence-electron chi connectivity index (χ0n) is 40.5. The number of carbonyl (C=O) groups is 7. The van der Waals surface area contributed by atoms with Crippen molar-refractivity contribution >= 4 is 52.3 Å². The van der Waals surface area contributed by atoms with E-state index in [4.69, 9.17) is 19.2 Å². The van der Waals surface area contributed by atoms with E-state index in [9.17, 15) is 43.5 Å². The summed E-state index contributed by atoms with van der Waals surface area (Å²) < 4.78 is 33.1. The van der Waals surface area contributed by atoms with Crippen molar-refractivity contribution in [2.75, 3.05) is 39.6 Å². The number of ether oxygens (including phenoxy) is 3. The predicted molar refractivity (Wildman–Crippen MR) is 259 cm³/mol. The predicted octanol–water partition coefficient (Wildman–Crippen LogP) is 1.15. The Hall–Kier alpha value is -7.54. The first-order valence-corrected chi connectivity index (χ1v) is 24.3. The number of cyclic esters (lactones) is 1. The highest BCUT2D eigenvalue weighted by Crippen LogP contribution is 2.46. The van der Waals surface area contributed by atoms with Gasteiger partial charge >= 0.3 is 5.97 Å². The Bertz CT molecular complexity index is 2990. The number of hydrogen-bond acceptors (Lipinski definition) is 13. The number of nitrogens with zero attached hydrogens (tertiary/aromatic N) is 2. The molecule has 20 nitrogen and oxygen atoms in total. The number of amides is 6. The molecule has 384 valence electrons. The Morgan fingerprint density at radius 3 is 2.45 bits per heavy atom. The quantitative estimate of drug-likeness (QED) is 0.0265. The lowest BCUT2D eigenvalue weighted by molar-refractivity contribution is -0.172. The maximum atomic E-state index is 15.4. The lowest BCUT2D eigenvalue weighted by atomic mass is 9.81. The molecule has 0 fully saturated rings. The van der Waals surface area contributed by atoms with Crippen molar-refractivity contribution in [1.82, 2.24) is 41.5 Å². The summed E-state index contributed by atoms with van der Waals surface area (Å²) in [6.07, 6.45) is 4.98. The number of hydrogen-bond donors (Lipinski definition) is 7. The molecule has 73 heavy (non-hydrogen) atoms. The fourth-order valence-electron chi connectivity index (χ4n) is 9.62. The Morgan fingerprint density at radius 2 is 1.66 bits per heavy atom. The summed E-state index contributed by atoms with van der Waals surface area (Å²) in [6, 6.07) is 9.94. The summed E-state index contributed by atoms with van der Waals surface area (Å²) in [7, 11) is 0. The van der Waals surface area contributed by atoms with Gasteiger partial charge in [0.25, 0.3) is 5.56 Å². The van der Waals surface area contributed by atoms with Gasteiger partial charge in [-0.15, -0.1) is 5.92 Å². The van der Waals surface area contributed by atoms with Gasteiger partial charge in [-0.3, -0.25) is 33.6 Å².